The van der Waals surface area contributed by atoms with Gasteiger partial charge in [-0.2, -0.15) is 0 Å². The van der Waals surface area contributed by atoms with Crippen molar-refractivity contribution in [2.75, 3.05) is 46.4 Å². The molecule has 5 nitrogen and oxygen atoms in total. The fourth-order valence-electron chi connectivity index (χ4n) is 3.72. The summed E-state index contributed by atoms with van der Waals surface area (Å²) < 4.78 is 5.34. The number of carbonyl (C=O) groups excluding carboxylic acids is 1. The van der Waals surface area contributed by atoms with E-state index in [0.717, 1.165) is 39.0 Å². The highest BCUT2D eigenvalue weighted by molar-refractivity contribution is 5.83. The van der Waals surface area contributed by atoms with Crippen LogP contribution in [-0.4, -0.2) is 63.3 Å². The normalized spacial score (nSPS) is 26.5. The number of ether oxygens (including phenoxy) is 1. The number of nitrogens with zero attached hydrogens (tertiary/aromatic N) is 1. The molecule has 5 heteroatoms. The molecule has 0 saturated carbocycles. The van der Waals surface area contributed by atoms with Crippen LogP contribution in [0.25, 0.3) is 0 Å². The lowest BCUT2D eigenvalue weighted by Crippen LogP contribution is -2.53. The Labute approximate surface area is 128 Å². The largest absolute Gasteiger partial charge is 0.384 e. The van der Waals surface area contributed by atoms with Crippen molar-refractivity contribution in [3.8, 4) is 0 Å². The molecule has 0 aromatic heterocycles. The van der Waals surface area contributed by atoms with Crippen molar-refractivity contribution in [2.45, 2.75) is 45.1 Å². The standard InChI is InChI=1S/C16H31N3O2/c1-3-19-11-5-4-6-14(19)12-18-15(20)16(13-21-2)7-9-17-10-8-16/h14,17H,3-13H2,1-2H3,(H,18,20). The highest BCUT2D eigenvalue weighted by Gasteiger charge is 2.39. The van der Waals surface area contributed by atoms with Crippen molar-refractivity contribution < 1.29 is 9.53 Å². The molecule has 1 atom stereocenters. The molecule has 0 aliphatic carbocycles. The van der Waals surface area contributed by atoms with E-state index in [1.54, 1.807) is 7.11 Å². The van der Waals surface area contributed by atoms with Gasteiger partial charge in [0.1, 0.15) is 0 Å². The molecule has 1 unspecified atom stereocenters. The van der Waals surface area contributed by atoms with Crippen molar-refractivity contribution in [1.82, 2.24) is 15.5 Å². The maximum Gasteiger partial charge on any atom is 0.228 e. The molecule has 0 radical (unpaired) electrons. The predicted molar refractivity (Wildman–Crippen MR) is 84.3 cm³/mol. The smallest absolute Gasteiger partial charge is 0.228 e. The first-order valence-electron chi connectivity index (χ1n) is 8.44. The summed E-state index contributed by atoms with van der Waals surface area (Å²) in [5.41, 5.74) is -0.328. The minimum absolute atomic E-state index is 0.187. The molecule has 0 aromatic rings. The van der Waals surface area contributed by atoms with E-state index in [2.05, 4.69) is 22.5 Å². The lowest BCUT2D eigenvalue weighted by atomic mass is 9.78. The number of hydrogen-bond donors (Lipinski definition) is 2. The van der Waals surface area contributed by atoms with Crippen LogP contribution >= 0.6 is 0 Å². The van der Waals surface area contributed by atoms with Crippen LogP contribution in [0.3, 0.4) is 0 Å². The Morgan fingerprint density at radius 2 is 2.14 bits per heavy atom. The van der Waals surface area contributed by atoms with E-state index in [4.69, 9.17) is 4.74 Å². The molecule has 0 bridgehead atoms. The van der Waals surface area contributed by atoms with E-state index >= 15 is 0 Å². The molecule has 2 rings (SSSR count). The van der Waals surface area contributed by atoms with Crippen LogP contribution in [0.1, 0.15) is 39.0 Å². The molecule has 0 aromatic carbocycles. The van der Waals surface area contributed by atoms with E-state index < -0.39 is 0 Å². The second-order valence-electron chi connectivity index (χ2n) is 6.45. The Balaban J connectivity index is 1.89. The van der Waals surface area contributed by atoms with E-state index in [-0.39, 0.29) is 11.3 Å². The molecule has 2 aliphatic rings. The summed E-state index contributed by atoms with van der Waals surface area (Å²) in [5.74, 6) is 0.187. The zero-order valence-corrected chi connectivity index (χ0v) is 13.6. The molecule has 2 saturated heterocycles. The van der Waals surface area contributed by atoms with Crippen LogP contribution in [0.15, 0.2) is 0 Å². The lowest BCUT2D eigenvalue weighted by molar-refractivity contribution is -0.136. The maximum absolute atomic E-state index is 12.7. The summed E-state index contributed by atoms with van der Waals surface area (Å²) in [4.78, 5) is 15.2. The van der Waals surface area contributed by atoms with Crippen LogP contribution in [-0.2, 0) is 9.53 Å². The Kier molecular flexibility index (Phi) is 6.45. The van der Waals surface area contributed by atoms with Crippen molar-refractivity contribution in [2.24, 2.45) is 5.41 Å². The monoisotopic (exact) mass is 297 g/mol. The number of likely N-dealkylation sites (N-methyl/N-ethyl adjacent to an activating group) is 1. The van der Waals surface area contributed by atoms with Gasteiger partial charge in [0.2, 0.25) is 5.91 Å². The fourth-order valence-corrected chi connectivity index (χ4v) is 3.72. The molecule has 122 valence electrons. The summed E-state index contributed by atoms with van der Waals surface area (Å²) in [5, 5.41) is 6.55. The predicted octanol–water partition coefficient (Wildman–Crippen LogP) is 0.993. The summed E-state index contributed by atoms with van der Waals surface area (Å²) in [6.45, 7) is 7.58. The number of nitrogens with one attached hydrogen (secondary N) is 2. The molecular weight excluding hydrogens is 266 g/mol. The first kappa shape index (κ1) is 16.7. The van der Waals surface area contributed by atoms with Crippen molar-refractivity contribution >= 4 is 5.91 Å². The van der Waals surface area contributed by atoms with Gasteiger partial charge >= 0.3 is 0 Å². The van der Waals surface area contributed by atoms with Gasteiger partial charge in [-0.15, -0.1) is 0 Å². The van der Waals surface area contributed by atoms with E-state index in [1.807, 2.05) is 0 Å². The van der Waals surface area contributed by atoms with Gasteiger partial charge in [-0.1, -0.05) is 13.3 Å². The Hall–Kier alpha value is -0.650. The van der Waals surface area contributed by atoms with E-state index in [1.165, 1.54) is 25.8 Å². The second-order valence-corrected chi connectivity index (χ2v) is 6.45. The van der Waals surface area contributed by atoms with Gasteiger partial charge in [-0.05, 0) is 51.9 Å². The van der Waals surface area contributed by atoms with Gasteiger partial charge in [-0.3, -0.25) is 9.69 Å². The third-order valence-electron chi connectivity index (χ3n) is 5.12. The van der Waals surface area contributed by atoms with E-state index in [0.29, 0.717) is 12.6 Å². The number of carbonyl (C=O) groups is 1. The minimum Gasteiger partial charge on any atom is -0.384 e. The topological polar surface area (TPSA) is 53.6 Å². The van der Waals surface area contributed by atoms with Gasteiger partial charge in [0.05, 0.1) is 12.0 Å². The second kappa shape index (κ2) is 8.11. The summed E-state index contributed by atoms with van der Waals surface area (Å²) >= 11 is 0. The number of amides is 1. The van der Waals surface area contributed by atoms with Crippen LogP contribution in [0.4, 0.5) is 0 Å². The van der Waals surface area contributed by atoms with Gasteiger partial charge in [0.25, 0.3) is 0 Å². The molecule has 2 N–H and O–H groups in total. The van der Waals surface area contributed by atoms with Gasteiger partial charge in [0, 0.05) is 19.7 Å². The van der Waals surface area contributed by atoms with Gasteiger partial charge in [0.15, 0.2) is 0 Å². The highest BCUT2D eigenvalue weighted by atomic mass is 16.5. The minimum atomic E-state index is -0.328. The molecule has 21 heavy (non-hydrogen) atoms. The molecule has 2 heterocycles. The van der Waals surface area contributed by atoms with Crippen LogP contribution in [0, 0.1) is 5.41 Å². The Morgan fingerprint density at radius 3 is 2.81 bits per heavy atom. The van der Waals surface area contributed by atoms with Crippen LogP contribution in [0.5, 0.6) is 0 Å². The first-order valence-corrected chi connectivity index (χ1v) is 8.44. The third kappa shape index (κ3) is 4.18. The highest BCUT2D eigenvalue weighted by Crippen LogP contribution is 2.29. The number of methoxy groups -OCH3 is 1. The molecule has 2 fully saturated rings. The molecular formula is C16H31N3O2. The summed E-state index contributed by atoms with van der Waals surface area (Å²) in [7, 11) is 1.69. The average molecular weight is 297 g/mol. The van der Waals surface area contributed by atoms with Crippen LogP contribution in [0.2, 0.25) is 0 Å². The summed E-state index contributed by atoms with van der Waals surface area (Å²) in [6, 6.07) is 0.508. The molecule has 0 spiro atoms. The van der Waals surface area contributed by atoms with Crippen molar-refractivity contribution in [1.29, 1.82) is 0 Å². The number of rotatable bonds is 6. The average Bonchev–Trinajstić information content (AvgIpc) is 2.54. The number of likely N-dealkylation sites (tertiary alicyclic amines) is 1. The Bertz CT molecular complexity index is 324. The quantitative estimate of drug-likeness (QED) is 0.768. The maximum atomic E-state index is 12.7. The van der Waals surface area contributed by atoms with Crippen LogP contribution < -0.4 is 10.6 Å². The first-order chi connectivity index (χ1) is 10.2. The zero-order chi connectivity index (χ0) is 15.1. The number of hydrogen-bond acceptors (Lipinski definition) is 4. The van der Waals surface area contributed by atoms with Crippen molar-refractivity contribution in [3.63, 3.8) is 0 Å². The fraction of sp³-hybridized carbons (Fsp3) is 0.938. The van der Waals surface area contributed by atoms with E-state index in [9.17, 15) is 4.79 Å². The lowest BCUT2D eigenvalue weighted by Gasteiger charge is -2.38. The molecule has 2 aliphatic heterocycles. The van der Waals surface area contributed by atoms with Gasteiger partial charge < -0.3 is 15.4 Å². The summed E-state index contributed by atoms with van der Waals surface area (Å²) in [6.07, 6.45) is 5.51. The van der Waals surface area contributed by atoms with Gasteiger partial charge in [-0.25, -0.2) is 0 Å². The third-order valence-corrected chi connectivity index (χ3v) is 5.12. The Morgan fingerprint density at radius 1 is 1.38 bits per heavy atom. The zero-order valence-electron chi connectivity index (χ0n) is 13.6. The van der Waals surface area contributed by atoms with Crippen molar-refractivity contribution in [3.05, 3.63) is 0 Å². The SMILES string of the molecule is CCN1CCCCC1CNC(=O)C1(COC)CCNCC1. The number of piperidine rings is 2. The molecule has 1 amide bonds.